The minimum Gasteiger partial charge on any atom is -0.494 e. The van der Waals surface area contributed by atoms with Crippen LogP contribution < -0.4 is 20.2 Å². The van der Waals surface area contributed by atoms with E-state index in [-0.39, 0.29) is 5.91 Å². The van der Waals surface area contributed by atoms with Gasteiger partial charge in [0, 0.05) is 11.3 Å². The van der Waals surface area contributed by atoms with Gasteiger partial charge in [0.2, 0.25) is 0 Å². The van der Waals surface area contributed by atoms with E-state index in [9.17, 15) is 4.79 Å². The smallest absolute Gasteiger partial charge is 0.262 e. The number of carbonyl (C=O) groups excluding carboxylic acids is 1. The van der Waals surface area contributed by atoms with Crippen LogP contribution in [0.15, 0.2) is 84.0 Å². The summed E-state index contributed by atoms with van der Waals surface area (Å²) in [5.74, 6) is 1.29. The maximum Gasteiger partial charge on any atom is 0.262 e. The van der Waals surface area contributed by atoms with Gasteiger partial charge in [0.15, 0.2) is 0 Å². The molecule has 0 bridgehead atoms. The lowest BCUT2D eigenvalue weighted by Gasteiger charge is -2.16. The van der Waals surface area contributed by atoms with Gasteiger partial charge >= 0.3 is 0 Å². The van der Waals surface area contributed by atoms with Crippen molar-refractivity contribution in [1.29, 1.82) is 0 Å². The molecular formula is C26H29N3O3. The van der Waals surface area contributed by atoms with Crippen LogP contribution >= 0.6 is 0 Å². The summed E-state index contributed by atoms with van der Waals surface area (Å²) in [6.07, 6.45) is 2.22. The Morgan fingerprint density at radius 3 is 2.38 bits per heavy atom. The average molecular weight is 432 g/mol. The van der Waals surface area contributed by atoms with Crippen molar-refractivity contribution < 1.29 is 14.3 Å². The van der Waals surface area contributed by atoms with Crippen molar-refractivity contribution in [3.05, 3.63) is 90.0 Å². The molecule has 2 N–H and O–H groups in total. The maximum absolute atomic E-state index is 12.6. The summed E-state index contributed by atoms with van der Waals surface area (Å²) in [4.78, 5) is 12.6. The lowest BCUT2D eigenvalue weighted by Crippen LogP contribution is -2.36. The third kappa shape index (κ3) is 6.87. The summed E-state index contributed by atoms with van der Waals surface area (Å²) in [5.41, 5.74) is 5.34. The number of nitrogens with one attached hydrogen (secondary N) is 2. The van der Waals surface area contributed by atoms with Gasteiger partial charge in [0.1, 0.15) is 24.1 Å². The Morgan fingerprint density at radius 1 is 0.938 bits per heavy atom. The van der Waals surface area contributed by atoms with Crippen molar-refractivity contribution >= 4 is 17.8 Å². The topological polar surface area (TPSA) is 72.0 Å². The first kappa shape index (κ1) is 22.9. The molecule has 0 saturated heterocycles. The van der Waals surface area contributed by atoms with Gasteiger partial charge in [0.05, 0.1) is 12.8 Å². The molecule has 1 amide bonds. The number of anilines is 1. The van der Waals surface area contributed by atoms with E-state index in [0.717, 1.165) is 22.6 Å². The van der Waals surface area contributed by atoms with E-state index in [0.29, 0.717) is 25.4 Å². The molecule has 0 aromatic heterocycles. The second kappa shape index (κ2) is 12.2. The Balaban J connectivity index is 1.56. The molecule has 0 radical (unpaired) electrons. The van der Waals surface area contributed by atoms with Crippen LogP contribution in [0.2, 0.25) is 0 Å². The highest BCUT2D eigenvalue weighted by molar-refractivity contribution is 5.88. The zero-order chi connectivity index (χ0) is 22.6. The van der Waals surface area contributed by atoms with Gasteiger partial charge in [-0.25, -0.2) is 5.43 Å². The highest BCUT2D eigenvalue weighted by Gasteiger charge is 2.15. The number of benzene rings is 3. The number of nitrogens with zero attached hydrogens (tertiary/aromatic N) is 1. The molecule has 6 heteroatoms. The summed E-state index contributed by atoms with van der Waals surface area (Å²) in [6.45, 7) is 4.97. The number of amides is 1. The van der Waals surface area contributed by atoms with Gasteiger partial charge in [0.25, 0.3) is 5.91 Å². The average Bonchev–Trinajstić information content (AvgIpc) is 2.83. The monoisotopic (exact) mass is 431 g/mol. The fraction of sp³-hybridized carbons (Fsp3) is 0.231. The summed E-state index contributed by atoms with van der Waals surface area (Å²) < 4.78 is 11.4. The van der Waals surface area contributed by atoms with Crippen molar-refractivity contribution in [2.45, 2.75) is 32.9 Å². The zero-order valence-electron chi connectivity index (χ0n) is 18.5. The van der Waals surface area contributed by atoms with Crippen molar-refractivity contribution in [3.63, 3.8) is 0 Å². The standard InChI is InChI=1S/C26H29N3O3/c1-3-24(28-22-14-16-23(17-15-22)31-4-2)26(30)29-27-18-21-12-8-9-13-25(21)32-19-20-10-6-5-7-11-20/h5-18,24,28H,3-4,19H2,1-2H3,(H,29,30). The molecule has 0 heterocycles. The molecule has 3 aromatic carbocycles. The lowest BCUT2D eigenvalue weighted by atomic mass is 10.2. The number of hydrazone groups is 1. The van der Waals surface area contributed by atoms with Gasteiger partial charge in [-0.1, -0.05) is 49.4 Å². The fourth-order valence-electron chi connectivity index (χ4n) is 3.07. The van der Waals surface area contributed by atoms with Gasteiger partial charge in [-0.3, -0.25) is 4.79 Å². The molecular weight excluding hydrogens is 402 g/mol. The molecule has 0 aliphatic carbocycles. The van der Waals surface area contributed by atoms with Crippen molar-refractivity contribution in [2.75, 3.05) is 11.9 Å². The maximum atomic E-state index is 12.6. The molecule has 32 heavy (non-hydrogen) atoms. The normalized spacial score (nSPS) is 11.7. The van der Waals surface area contributed by atoms with Gasteiger partial charge < -0.3 is 14.8 Å². The SMILES string of the molecule is CCOc1ccc(NC(CC)C(=O)NN=Cc2ccccc2OCc2ccccc2)cc1. The Hall–Kier alpha value is -3.80. The first-order valence-corrected chi connectivity index (χ1v) is 10.8. The Bertz CT molecular complexity index is 1000. The molecule has 3 rings (SSSR count). The third-order valence-corrected chi connectivity index (χ3v) is 4.77. The summed E-state index contributed by atoms with van der Waals surface area (Å²) in [7, 11) is 0. The van der Waals surface area contributed by atoms with Gasteiger partial charge in [-0.05, 0) is 55.3 Å². The number of carbonyl (C=O) groups is 1. The molecule has 166 valence electrons. The molecule has 3 aromatic rings. The highest BCUT2D eigenvalue weighted by atomic mass is 16.5. The molecule has 0 fully saturated rings. The van der Waals surface area contributed by atoms with Crippen LogP contribution in [0.25, 0.3) is 0 Å². The molecule has 0 aliphatic heterocycles. The predicted octanol–water partition coefficient (Wildman–Crippen LogP) is 5.01. The van der Waals surface area contributed by atoms with E-state index in [1.54, 1.807) is 6.21 Å². The minimum atomic E-state index is -0.408. The number of hydrogen-bond acceptors (Lipinski definition) is 5. The fourth-order valence-corrected chi connectivity index (χ4v) is 3.07. The highest BCUT2D eigenvalue weighted by Crippen LogP contribution is 2.18. The van der Waals surface area contributed by atoms with E-state index < -0.39 is 6.04 Å². The summed E-state index contributed by atoms with van der Waals surface area (Å²) in [5, 5.41) is 7.37. The van der Waals surface area contributed by atoms with E-state index in [2.05, 4.69) is 15.8 Å². The molecule has 0 saturated carbocycles. The lowest BCUT2D eigenvalue weighted by molar-refractivity contribution is -0.121. The molecule has 1 unspecified atom stereocenters. The van der Waals surface area contributed by atoms with E-state index in [4.69, 9.17) is 9.47 Å². The number of hydrogen-bond donors (Lipinski definition) is 2. The zero-order valence-corrected chi connectivity index (χ0v) is 18.5. The Labute approximate surface area is 189 Å². The minimum absolute atomic E-state index is 0.208. The Kier molecular flexibility index (Phi) is 8.69. The third-order valence-electron chi connectivity index (χ3n) is 4.77. The van der Waals surface area contributed by atoms with E-state index >= 15 is 0 Å². The number of rotatable bonds is 11. The van der Waals surface area contributed by atoms with Crippen LogP contribution in [0, 0.1) is 0 Å². The quantitative estimate of drug-likeness (QED) is 0.331. The molecule has 0 spiro atoms. The molecule has 0 aliphatic rings. The molecule has 6 nitrogen and oxygen atoms in total. The van der Waals surface area contributed by atoms with Crippen molar-refractivity contribution in [1.82, 2.24) is 5.43 Å². The van der Waals surface area contributed by atoms with Crippen molar-refractivity contribution in [3.8, 4) is 11.5 Å². The van der Waals surface area contributed by atoms with Gasteiger partial charge in [-0.2, -0.15) is 5.10 Å². The van der Waals surface area contributed by atoms with Crippen molar-refractivity contribution in [2.24, 2.45) is 5.10 Å². The van der Waals surface area contributed by atoms with Crippen LogP contribution in [0.3, 0.4) is 0 Å². The first-order chi connectivity index (χ1) is 15.7. The first-order valence-electron chi connectivity index (χ1n) is 10.8. The summed E-state index contributed by atoms with van der Waals surface area (Å²) in [6, 6.07) is 24.7. The van der Waals surface area contributed by atoms with Gasteiger partial charge in [-0.15, -0.1) is 0 Å². The van der Waals surface area contributed by atoms with E-state index in [1.807, 2.05) is 92.7 Å². The molecule has 1 atom stereocenters. The van der Waals surface area contributed by atoms with E-state index in [1.165, 1.54) is 0 Å². The van der Waals surface area contributed by atoms with Crippen LogP contribution in [-0.2, 0) is 11.4 Å². The van der Waals surface area contributed by atoms with Crippen LogP contribution in [0.4, 0.5) is 5.69 Å². The second-order valence-electron chi connectivity index (χ2n) is 7.11. The van der Waals surface area contributed by atoms with Crippen LogP contribution in [0.1, 0.15) is 31.4 Å². The second-order valence-corrected chi connectivity index (χ2v) is 7.11. The Morgan fingerprint density at radius 2 is 1.66 bits per heavy atom. The summed E-state index contributed by atoms with van der Waals surface area (Å²) >= 11 is 0. The largest absolute Gasteiger partial charge is 0.494 e. The predicted molar refractivity (Wildman–Crippen MR) is 128 cm³/mol. The number of ether oxygens (including phenoxy) is 2. The van der Waals surface area contributed by atoms with Crippen LogP contribution in [-0.4, -0.2) is 24.8 Å². The number of para-hydroxylation sites is 1. The van der Waals surface area contributed by atoms with Crippen LogP contribution in [0.5, 0.6) is 11.5 Å².